The molecule has 0 amide bonds. The molecule has 2 aliphatic carbocycles. The molecule has 0 bridgehead atoms. The summed E-state index contributed by atoms with van der Waals surface area (Å²) < 4.78 is 53.0. The maximum absolute atomic E-state index is 13.9. The summed E-state index contributed by atoms with van der Waals surface area (Å²) >= 11 is 0. The Morgan fingerprint density at radius 2 is 2.11 bits per heavy atom. The van der Waals surface area contributed by atoms with Gasteiger partial charge in [0, 0.05) is 19.5 Å². The van der Waals surface area contributed by atoms with Crippen molar-refractivity contribution < 1.29 is 19.0 Å². The van der Waals surface area contributed by atoms with Crippen molar-refractivity contribution in [3.8, 4) is 0 Å². The van der Waals surface area contributed by atoms with Gasteiger partial charge in [0.1, 0.15) is 5.71 Å². The Balaban J connectivity index is 0.00000180. The van der Waals surface area contributed by atoms with Crippen LogP contribution in [0.4, 0.5) is 17.6 Å². The molecule has 2 unspecified atom stereocenters. The minimum absolute atomic E-state index is 0. The molecule has 0 saturated heterocycles. The molecule has 0 aromatic carbocycles. The Bertz CT molecular complexity index is 418. The largest absolute Gasteiger partial charge is 0.397 e. The quantitative estimate of drug-likeness (QED) is 0.783. The van der Waals surface area contributed by atoms with Crippen LogP contribution in [0.1, 0.15) is 21.7 Å². The first-order valence-electron chi connectivity index (χ1n) is 5.97. The number of aliphatic imine (C=N–C) groups is 1. The van der Waals surface area contributed by atoms with Crippen molar-refractivity contribution in [3.63, 3.8) is 0 Å². The van der Waals surface area contributed by atoms with Crippen LogP contribution < -0.4 is 5.73 Å². The highest BCUT2D eigenvalue weighted by molar-refractivity contribution is 6.10. The molecule has 0 heterocycles. The fraction of sp³-hybridized carbons (Fsp3) is 0.750. The van der Waals surface area contributed by atoms with E-state index in [1.165, 1.54) is 0 Å². The number of allylic oxidation sites excluding steroid dienone is 2. The van der Waals surface area contributed by atoms with E-state index in [1.54, 1.807) is 0 Å². The Hall–Kier alpha value is -1.07. The van der Waals surface area contributed by atoms with Crippen LogP contribution in [-0.4, -0.2) is 24.6 Å². The van der Waals surface area contributed by atoms with Gasteiger partial charge in [-0.2, -0.15) is 8.78 Å². The van der Waals surface area contributed by atoms with Crippen LogP contribution in [-0.2, 0) is 0 Å². The summed E-state index contributed by atoms with van der Waals surface area (Å²) in [6, 6.07) is 0. The molecule has 18 heavy (non-hydrogen) atoms. The highest BCUT2D eigenvalue weighted by atomic mass is 19.3. The van der Waals surface area contributed by atoms with Gasteiger partial charge in [0.05, 0.1) is 5.70 Å². The van der Waals surface area contributed by atoms with E-state index in [0.717, 1.165) is 0 Å². The number of nitrogens with zero attached hydrogens (tertiary/aromatic N) is 1. The fourth-order valence-electron chi connectivity index (χ4n) is 2.38. The molecule has 2 rings (SSSR count). The summed E-state index contributed by atoms with van der Waals surface area (Å²) in [5, 5.41) is 0. The fourth-order valence-corrected chi connectivity index (χ4v) is 2.38. The molecule has 2 N–H and O–H groups in total. The van der Waals surface area contributed by atoms with Crippen molar-refractivity contribution in [1.82, 2.24) is 0 Å². The van der Waals surface area contributed by atoms with E-state index in [1.807, 2.05) is 13.8 Å². The summed E-state index contributed by atoms with van der Waals surface area (Å²) in [6.45, 7) is 3.86. The lowest BCUT2D eigenvalue weighted by molar-refractivity contribution is 0.0576. The monoisotopic (exact) mass is 266 g/mol. The van der Waals surface area contributed by atoms with Crippen molar-refractivity contribution in [1.29, 1.82) is 0 Å². The van der Waals surface area contributed by atoms with Crippen molar-refractivity contribution >= 4 is 5.71 Å². The zero-order valence-electron chi connectivity index (χ0n) is 10.3. The molecule has 0 spiro atoms. The minimum Gasteiger partial charge on any atom is -0.397 e. The standard InChI is InChI=1S/C12H16F4N2.H2/c1-5(2)4-18-10-8(9(17)11(13)14)6-3-7(6)12(10,15)16;/h5-7,11H,3-4,17H2,1-2H3;1H/b9-8-,18-10?;. The number of nitrogens with two attached hydrogens (primary N) is 1. The lowest BCUT2D eigenvalue weighted by Gasteiger charge is -2.16. The smallest absolute Gasteiger partial charge is 0.292 e. The summed E-state index contributed by atoms with van der Waals surface area (Å²) in [5.74, 6) is -4.41. The van der Waals surface area contributed by atoms with E-state index in [0.29, 0.717) is 0 Å². The number of rotatable bonds is 3. The van der Waals surface area contributed by atoms with Gasteiger partial charge in [-0.15, -0.1) is 0 Å². The van der Waals surface area contributed by atoms with Crippen LogP contribution in [0.2, 0.25) is 0 Å². The van der Waals surface area contributed by atoms with Crippen LogP contribution in [0.25, 0.3) is 0 Å². The third-order valence-corrected chi connectivity index (χ3v) is 3.36. The van der Waals surface area contributed by atoms with E-state index in [-0.39, 0.29) is 25.9 Å². The third-order valence-electron chi connectivity index (χ3n) is 3.36. The molecule has 2 aliphatic rings. The minimum atomic E-state index is -3.10. The first kappa shape index (κ1) is 13.4. The second-order valence-corrected chi connectivity index (χ2v) is 5.32. The van der Waals surface area contributed by atoms with Gasteiger partial charge in [-0.1, -0.05) is 13.8 Å². The SMILES string of the molecule is CC(C)CN=C1/C(=C(\N)C(F)F)C2CC2C1(F)F.[HH]. The molecule has 2 saturated carbocycles. The molecule has 0 radical (unpaired) electrons. The van der Waals surface area contributed by atoms with Gasteiger partial charge < -0.3 is 5.73 Å². The highest BCUT2D eigenvalue weighted by Gasteiger charge is 2.67. The second-order valence-electron chi connectivity index (χ2n) is 5.32. The molecule has 2 nitrogen and oxygen atoms in total. The summed E-state index contributed by atoms with van der Waals surface area (Å²) in [5.41, 5.74) is 3.94. The van der Waals surface area contributed by atoms with Gasteiger partial charge in [-0.25, -0.2) is 8.78 Å². The van der Waals surface area contributed by atoms with Gasteiger partial charge in [0.25, 0.3) is 12.3 Å². The van der Waals surface area contributed by atoms with Gasteiger partial charge in [-0.3, -0.25) is 4.99 Å². The molecular formula is C12H18F4N2. The van der Waals surface area contributed by atoms with Crippen molar-refractivity contribution in [2.45, 2.75) is 32.6 Å². The number of fused-ring (bicyclic) bond motifs is 1. The normalized spacial score (nSPS) is 34.3. The van der Waals surface area contributed by atoms with Crippen LogP contribution in [0, 0.1) is 17.8 Å². The zero-order chi connectivity index (χ0) is 13.7. The topological polar surface area (TPSA) is 38.4 Å². The van der Waals surface area contributed by atoms with Gasteiger partial charge in [-0.05, 0) is 18.3 Å². The van der Waals surface area contributed by atoms with Crippen molar-refractivity contribution in [2.24, 2.45) is 28.5 Å². The lowest BCUT2D eigenvalue weighted by Crippen LogP contribution is -2.30. The summed E-state index contributed by atoms with van der Waals surface area (Å²) in [7, 11) is 0. The molecule has 6 heteroatoms. The average Bonchev–Trinajstić information content (AvgIpc) is 2.98. The molecule has 0 aliphatic heterocycles. The number of alkyl halides is 4. The van der Waals surface area contributed by atoms with E-state index < -0.39 is 35.6 Å². The van der Waals surface area contributed by atoms with E-state index in [4.69, 9.17) is 5.73 Å². The van der Waals surface area contributed by atoms with Gasteiger partial charge in [0.15, 0.2) is 0 Å². The van der Waals surface area contributed by atoms with Gasteiger partial charge >= 0.3 is 0 Å². The van der Waals surface area contributed by atoms with E-state index in [2.05, 4.69) is 4.99 Å². The van der Waals surface area contributed by atoms with Crippen LogP contribution >= 0.6 is 0 Å². The maximum Gasteiger partial charge on any atom is 0.292 e. The number of halogens is 4. The maximum atomic E-state index is 13.9. The predicted octanol–water partition coefficient (Wildman–Crippen LogP) is 3.09. The third kappa shape index (κ3) is 2.01. The molecule has 104 valence electrons. The Kier molecular flexibility index (Phi) is 3.15. The average molecular weight is 266 g/mol. The molecule has 0 aromatic rings. The first-order chi connectivity index (χ1) is 8.26. The number of hydrogen-bond donors (Lipinski definition) is 1. The van der Waals surface area contributed by atoms with Crippen molar-refractivity contribution in [2.75, 3.05) is 6.54 Å². The molecule has 2 atom stereocenters. The Labute approximate surface area is 104 Å². The number of hydrogen-bond acceptors (Lipinski definition) is 2. The zero-order valence-corrected chi connectivity index (χ0v) is 10.3. The first-order valence-corrected chi connectivity index (χ1v) is 5.97. The predicted molar refractivity (Wildman–Crippen MR) is 63.0 cm³/mol. The summed E-state index contributed by atoms with van der Waals surface area (Å²) in [6.07, 6.45) is -2.67. The van der Waals surface area contributed by atoms with Crippen LogP contribution in [0.3, 0.4) is 0 Å². The Morgan fingerprint density at radius 1 is 1.50 bits per heavy atom. The van der Waals surface area contributed by atoms with E-state index >= 15 is 0 Å². The summed E-state index contributed by atoms with van der Waals surface area (Å²) in [4.78, 5) is 3.84. The van der Waals surface area contributed by atoms with Crippen LogP contribution in [0.5, 0.6) is 0 Å². The van der Waals surface area contributed by atoms with Gasteiger partial charge in [0.2, 0.25) is 0 Å². The van der Waals surface area contributed by atoms with Crippen molar-refractivity contribution in [3.05, 3.63) is 11.3 Å². The Morgan fingerprint density at radius 3 is 2.61 bits per heavy atom. The molecule has 0 aromatic heterocycles. The van der Waals surface area contributed by atoms with E-state index in [9.17, 15) is 17.6 Å². The molecule has 2 fully saturated rings. The van der Waals surface area contributed by atoms with Crippen LogP contribution in [0.15, 0.2) is 16.3 Å². The lowest BCUT2D eigenvalue weighted by atomic mass is 10.0. The highest BCUT2D eigenvalue weighted by Crippen LogP contribution is 2.61. The second kappa shape index (κ2) is 4.24. The molecular weight excluding hydrogens is 248 g/mol.